The van der Waals surface area contributed by atoms with Crippen molar-refractivity contribution in [2.45, 2.75) is 45.1 Å². The van der Waals surface area contributed by atoms with Gasteiger partial charge in [-0.3, -0.25) is 9.69 Å². The second-order valence-corrected chi connectivity index (χ2v) is 7.70. The van der Waals surface area contributed by atoms with Crippen molar-refractivity contribution in [2.75, 3.05) is 32.7 Å². The van der Waals surface area contributed by atoms with Gasteiger partial charge in [0.1, 0.15) is 0 Å². The minimum atomic E-state index is -0.642. The Balaban J connectivity index is 1.50. The minimum Gasteiger partial charge on any atom is -0.389 e. The number of carbonyl (C=O) groups is 1. The van der Waals surface area contributed by atoms with Crippen molar-refractivity contribution in [1.29, 1.82) is 0 Å². The monoisotopic (exact) mass is 280 g/mol. The number of rotatable bonds is 3. The van der Waals surface area contributed by atoms with Crippen LogP contribution in [0.15, 0.2) is 0 Å². The van der Waals surface area contributed by atoms with Crippen LogP contribution in [-0.2, 0) is 4.79 Å². The maximum Gasteiger partial charge on any atom is 0.226 e. The van der Waals surface area contributed by atoms with Crippen LogP contribution in [0.2, 0.25) is 0 Å². The molecule has 20 heavy (non-hydrogen) atoms. The third-order valence-electron chi connectivity index (χ3n) is 5.35. The molecule has 1 aliphatic heterocycles. The molecule has 1 heterocycles. The van der Waals surface area contributed by atoms with E-state index in [2.05, 4.69) is 9.80 Å². The Morgan fingerprint density at radius 2 is 1.85 bits per heavy atom. The van der Waals surface area contributed by atoms with Gasteiger partial charge >= 0.3 is 0 Å². The summed E-state index contributed by atoms with van der Waals surface area (Å²) in [6, 6.07) is 0. The van der Waals surface area contributed by atoms with Crippen LogP contribution < -0.4 is 0 Å². The molecule has 1 saturated heterocycles. The zero-order valence-electron chi connectivity index (χ0n) is 12.8. The fraction of sp³-hybridized carbons (Fsp3) is 0.938. The quantitative estimate of drug-likeness (QED) is 0.848. The Hall–Kier alpha value is -0.610. The zero-order chi connectivity index (χ0) is 14.3. The van der Waals surface area contributed by atoms with Crippen molar-refractivity contribution >= 4 is 5.91 Å². The predicted molar refractivity (Wildman–Crippen MR) is 78.3 cm³/mol. The Morgan fingerprint density at radius 3 is 2.35 bits per heavy atom. The summed E-state index contributed by atoms with van der Waals surface area (Å²) in [5.41, 5.74) is -0.642. The molecular weight excluding hydrogens is 252 g/mol. The van der Waals surface area contributed by atoms with Crippen LogP contribution >= 0.6 is 0 Å². The average Bonchev–Trinajstić information content (AvgIpc) is 2.99. The Morgan fingerprint density at radius 1 is 1.15 bits per heavy atom. The number of piperazine rings is 1. The van der Waals surface area contributed by atoms with Crippen LogP contribution in [-0.4, -0.2) is 59.1 Å². The molecule has 3 fully saturated rings. The molecule has 0 spiro atoms. The van der Waals surface area contributed by atoms with E-state index in [9.17, 15) is 9.90 Å². The van der Waals surface area contributed by atoms with Gasteiger partial charge in [-0.15, -0.1) is 0 Å². The lowest BCUT2D eigenvalue weighted by atomic mass is 9.87. The van der Waals surface area contributed by atoms with Crippen molar-refractivity contribution < 1.29 is 9.90 Å². The topological polar surface area (TPSA) is 43.8 Å². The van der Waals surface area contributed by atoms with E-state index in [4.69, 9.17) is 0 Å². The first kappa shape index (κ1) is 14.3. The molecule has 3 unspecified atom stereocenters. The van der Waals surface area contributed by atoms with Gasteiger partial charge in [0.25, 0.3) is 0 Å². The number of aliphatic hydroxyl groups is 1. The van der Waals surface area contributed by atoms with Crippen LogP contribution in [0.25, 0.3) is 0 Å². The molecule has 2 saturated carbocycles. The standard InChI is InChI=1S/C16H28N2O2/c1-16(2,20)11-17-5-7-18(8-6-17)15(19)14-10-12-3-4-13(14)9-12/h12-14,20H,3-11H2,1-2H3. The smallest absolute Gasteiger partial charge is 0.226 e. The molecule has 114 valence electrons. The van der Waals surface area contributed by atoms with Crippen molar-refractivity contribution in [3.05, 3.63) is 0 Å². The maximum absolute atomic E-state index is 12.6. The molecule has 3 aliphatic rings. The first-order chi connectivity index (χ1) is 9.42. The second kappa shape index (κ2) is 5.30. The summed E-state index contributed by atoms with van der Waals surface area (Å²) in [5, 5.41) is 9.87. The Labute approximate surface area is 122 Å². The lowest BCUT2D eigenvalue weighted by molar-refractivity contribution is -0.139. The molecule has 2 aliphatic carbocycles. The summed E-state index contributed by atoms with van der Waals surface area (Å²) < 4.78 is 0. The van der Waals surface area contributed by atoms with E-state index in [1.165, 1.54) is 19.3 Å². The maximum atomic E-state index is 12.6. The van der Waals surface area contributed by atoms with Gasteiger partial charge in [-0.2, -0.15) is 0 Å². The minimum absolute atomic E-state index is 0.328. The van der Waals surface area contributed by atoms with E-state index in [0.29, 0.717) is 24.3 Å². The van der Waals surface area contributed by atoms with Gasteiger partial charge in [0.05, 0.1) is 5.60 Å². The van der Waals surface area contributed by atoms with E-state index in [1.807, 2.05) is 13.8 Å². The summed E-state index contributed by atoms with van der Waals surface area (Å²) in [7, 11) is 0. The summed E-state index contributed by atoms with van der Waals surface area (Å²) in [6.07, 6.45) is 5.08. The van der Waals surface area contributed by atoms with E-state index in [1.54, 1.807) is 0 Å². The first-order valence-corrected chi connectivity index (χ1v) is 8.16. The molecule has 0 aromatic carbocycles. The lowest BCUT2D eigenvalue weighted by Gasteiger charge is -2.39. The molecule has 1 N–H and O–H groups in total. The number of hydrogen-bond donors (Lipinski definition) is 1. The highest BCUT2D eigenvalue weighted by molar-refractivity contribution is 5.79. The van der Waals surface area contributed by atoms with Crippen LogP contribution in [0.5, 0.6) is 0 Å². The summed E-state index contributed by atoms with van der Waals surface area (Å²) >= 11 is 0. The molecule has 3 atom stereocenters. The highest BCUT2D eigenvalue weighted by Crippen LogP contribution is 2.48. The van der Waals surface area contributed by atoms with Crippen molar-refractivity contribution in [3.8, 4) is 0 Å². The molecule has 1 amide bonds. The van der Waals surface area contributed by atoms with Crippen LogP contribution in [0, 0.1) is 17.8 Å². The first-order valence-electron chi connectivity index (χ1n) is 8.16. The molecule has 4 nitrogen and oxygen atoms in total. The summed E-state index contributed by atoms with van der Waals surface area (Å²) in [5.74, 6) is 2.27. The Bertz CT molecular complexity index is 369. The van der Waals surface area contributed by atoms with E-state index >= 15 is 0 Å². The zero-order valence-corrected chi connectivity index (χ0v) is 12.8. The van der Waals surface area contributed by atoms with E-state index in [0.717, 1.165) is 38.5 Å². The molecule has 0 aromatic heterocycles. The number of β-amino-alcohol motifs (C(OH)–C–C–N with tert-alkyl or cyclic N) is 1. The van der Waals surface area contributed by atoms with Gasteiger partial charge in [-0.1, -0.05) is 6.42 Å². The third-order valence-corrected chi connectivity index (χ3v) is 5.35. The third kappa shape index (κ3) is 3.01. The number of nitrogens with zero attached hydrogens (tertiary/aromatic N) is 2. The van der Waals surface area contributed by atoms with Crippen LogP contribution in [0.1, 0.15) is 39.5 Å². The largest absolute Gasteiger partial charge is 0.389 e. The fourth-order valence-electron chi connectivity index (χ4n) is 4.46. The van der Waals surface area contributed by atoms with Gasteiger partial charge in [0.2, 0.25) is 5.91 Å². The molecule has 2 bridgehead atoms. The predicted octanol–water partition coefficient (Wildman–Crippen LogP) is 1.34. The normalized spacial score (nSPS) is 34.8. The number of hydrogen-bond acceptors (Lipinski definition) is 3. The van der Waals surface area contributed by atoms with Crippen molar-refractivity contribution in [2.24, 2.45) is 17.8 Å². The van der Waals surface area contributed by atoms with Crippen LogP contribution in [0.3, 0.4) is 0 Å². The van der Waals surface area contributed by atoms with Crippen LogP contribution in [0.4, 0.5) is 0 Å². The highest BCUT2D eigenvalue weighted by Gasteiger charge is 2.44. The van der Waals surface area contributed by atoms with Gasteiger partial charge < -0.3 is 10.0 Å². The Kier molecular flexibility index (Phi) is 3.80. The van der Waals surface area contributed by atoms with E-state index < -0.39 is 5.60 Å². The molecule has 0 aromatic rings. The van der Waals surface area contributed by atoms with Gasteiger partial charge in [0.15, 0.2) is 0 Å². The van der Waals surface area contributed by atoms with Crippen molar-refractivity contribution in [1.82, 2.24) is 9.80 Å². The number of fused-ring (bicyclic) bond motifs is 2. The highest BCUT2D eigenvalue weighted by atomic mass is 16.3. The molecule has 3 rings (SSSR count). The molecule has 0 radical (unpaired) electrons. The lowest BCUT2D eigenvalue weighted by Crippen LogP contribution is -2.53. The number of amides is 1. The van der Waals surface area contributed by atoms with Crippen molar-refractivity contribution in [3.63, 3.8) is 0 Å². The second-order valence-electron chi connectivity index (χ2n) is 7.70. The molecular formula is C16H28N2O2. The SMILES string of the molecule is CC(C)(O)CN1CCN(C(=O)C2CC3CCC2C3)CC1. The number of carbonyl (C=O) groups excluding carboxylic acids is 1. The van der Waals surface area contributed by atoms with Gasteiger partial charge in [-0.05, 0) is 44.9 Å². The van der Waals surface area contributed by atoms with E-state index in [-0.39, 0.29) is 0 Å². The fourth-order valence-corrected chi connectivity index (χ4v) is 4.46. The van der Waals surface area contributed by atoms with Gasteiger partial charge in [0, 0.05) is 38.6 Å². The summed E-state index contributed by atoms with van der Waals surface area (Å²) in [6.45, 7) is 7.86. The summed E-state index contributed by atoms with van der Waals surface area (Å²) in [4.78, 5) is 17.0. The average molecular weight is 280 g/mol. The van der Waals surface area contributed by atoms with Gasteiger partial charge in [-0.25, -0.2) is 0 Å². The molecule has 4 heteroatoms.